The van der Waals surface area contributed by atoms with Gasteiger partial charge in [0.15, 0.2) is 11.6 Å². The lowest BCUT2D eigenvalue weighted by Gasteiger charge is -2.06. The van der Waals surface area contributed by atoms with E-state index in [1.54, 1.807) is 12.1 Å². The fraction of sp³-hybridized carbons (Fsp3) is 0.176. The van der Waals surface area contributed by atoms with Gasteiger partial charge in [0.2, 0.25) is 11.7 Å². The first-order chi connectivity index (χ1) is 11.2. The Morgan fingerprint density at radius 3 is 2.83 bits per heavy atom. The van der Waals surface area contributed by atoms with E-state index in [-0.39, 0.29) is 5.75 Å². The van der Waals surface area contributed by atoms with Gasteiger partial charge in [-0.15, -0.1) is 0 Å². The standard InChI is InChI=1S/C17H16FN3O2/c1-11-4-3-5-12(8-11)17-20-16(23-21-17)10-19-13-6-7-15(22-2)14(18)9-13/h3-9,19H,10H2,1-2H3. The van der Waals surface area contributed by atoms with E-state index in [2.05, 4.69) is 15.5 Å². The molecule has 6 heteroatoms. The number of aryl methyl sites for hydroxylation is 1. The summed E-state index contributed by atoms with van der Waals surface area (Å²) in [6.07, 6.45) is 0. The lowest BCUT2D eigenvalue weighted by molar-refractivity contribution is 0.383. The van der Waals surface area contributed by atoms with Crippen LogP contribution in [0.1, 0.15) is 11.5 Å². The largest absolute Gasteiger partial charge is 0.494 e. The van der Waals surface area contributed by atoms with Gasteiger partial charge in [0.1, 0.15) is 0 Å². The van der Waals surface area contributed by atoms with Crippen LogP contribution in [0.4, 0.5) is 10.1 Å². The zero-order valence-corrected chi connectivity index (χ0v) is 12.8. The van der Waals surface area contributed by atoms with Crippen molar-refractivity contribution in [3.63, 3.8) is 0 Å². The molecule has 0 spiro atoms. The van der Waals surface area contributed by atoms with Crippen LogP contribution in [0.15, 0.2) is 47.0 Å². The van der Waals surface area contributed by atoms with Gasteiger partial charge >= 0.3 is 0 Å². The number of halogens is 1. The van der Waals surface area contributed by atoms with Crippen molar-refractivity contribution < 1.29 is 13.7 Å². The highest BCUT2D eigenvalue weighted by Crippen LogP contribution is 2.21. The molecule has 0 saturated heterocycles. The van der Waals surface area contributed by atoms with Gasteiger partial charge in [0, 0.05) is 17.3 Å². The Balaban J connectivity index is 1.69. The summed E-state index contributed by atoms with van der Waals surface area (Å²) < 4.78 is 23.7. The first-order valence-corrected chi connectivity index (χ1v) is 7.13. The van der Waals surface area contributed by atoms with Gasteiger partial charge in [0.25, 0.3) is 0 Å². The number of aromatic nitrogens is 2. The van der Waals surface area contributed by atoms with Crippen LogP contribution in [-0.2, 0) is 6.54 Å². The topological polar surface area (TPSA) is 60.2 Å². The van der Waals surface area contributed by atoms with Crippen molar-refractivity contribution in [2.24, 2.45) is 0 Å². The molecule has 118 valence electrons. The molecular weight excluding hydrogens is 297 g/mol. The molecule has 1 heterocycles. The molecule has 23 heavy (non-hydrogen) atoms. The number of benzene rings is 2. The third kappa shape index (κ3) is 3.48. The molecule has 0 bridgehead atoms. The van der Waals surface area contributed by atoms with Crippen LogP contribution in [0.2, 0.25) is 0 Å². The second kappa shape index (κ2) is 6.48. The minimum absolute atomic E-state index is 0.204. The Morgan fingerprint density at radius 2 is 2.09 bits per heavy atom. The van der Waals surface area contributed by atoms with Crippen LogP contribution in [0.5, 0.6) is 5.75 Å². The molecule has 0 amide bonds. The first-order valence-electron chi connectivity index (χ1n) is 7.13. The van der Waals surface area contributed by atoms with Gasteiger partial charge in [-0.05, 0) is 25.1 Å². The summed E-state index contributed by atoms with van der Waals surface area (Å²) in [5.74, 6) is 0.739. The number of hydrogen-bond acceptors (Lipinski definition) is 5. The molecule has 0 aliphatic rings. The van der Waals surface area contributed by atoms with Gasteiger partial charge in [-0.3, -0.25) is 0 Å². The zero-order valence-electron chi connectivity index (χ0n) is 12.8. The number of anilines is 1. The van der Waals surface area contributed by atoms with Crippen molar-refractivity contribution in [2.75, 3.05) is 12.4 Å². The van der Waals surface area contributed by atoms with E-state index >= 15 is 0 Å². The summed E-state index contributed by atoms with van der Waals surface area (Å²) in [7, 11) is 1.43. The monoisotopic (exact) mass is 313 g/mol. The molecule has 1 aromatic heterocycles. The van der Waals surface area contributed by atoms with E-state index in [1.165, 1.54) is 13.2 Å². The predicted octanol–water partition coefficient (Wildman–Crippen LogP) is 3.80. The maximum absolute atomic E-state index is 13.6. The van der Waals surface area contributed by atoms with Crippen LogP contribution in [0.25, 0.3) is 11.4 Å². The van der Waals surface area contributed by atoms with Gasteiger partial charge in [-0.2, -0.15) is 4.98 Å². The Hall–Kier alpha value is -2.89. The van der Waals surface area contributed by atoms with Crippen LogP contribution in [-0.4, -0.2) is 17.3 Å². The number of methoxy groups -OCH3 is 1. The van der Waals surface area contributed by atoms with E-state index in [9.17, 15) is 4.39 Å². The number of ether oxygens (including phenoxy) is 1. The fourth-order valence-electron chi connectivity index (χ4n) is 2.18. The number of nitrogens with one attached hydrogen (secondary N) is 1. The third-order valence-corrected chi connectivity index (χ3v) is 3.34. The second-order valence-corrected chi connectivity index (χ2v) is 5.08. The molecule has 1 N–H and O–H groups in total. The van der Waals surface area contributed by atoms with Crippen LogP contribution in [0, 0.1) is 12.7 Å². The van der Waals surface area contributed by atoms with Crippen LogP contribution in [0.3, 0.4) is 0 Å². The van der Waals surface area contributed by atoms with Gasteiger partial charge in [-0.25, -0.2) is 4.39 Å². The summed E-state index contributed by atoms with van der Waals surface area (Å²) in [4.78, 5) is 4.33. The number of hydrogen-bond donors (Lipinski definition) is 1. The zero-order chi connectivity index (χ0) is 16.2. The van der Waals surface area contributed by atoms with Gasteiger partial charge in [-0.1, -0.05) is 28.9 Å². The van der Waals surface area contributed by atoms with E-state index < -0.39 is 5.82 Å². The van der Waals surface area contributed by atoms with Crippen molar-refractivity contribution in [2.45, 2.75) is 13.5 Å². The average molecular weight is 313 g/mol. The summed E-state index contributed by atoms with van der Waals surface area (Å²) >= 11 is 0. The minimum Gasteiger partial charge on any atom is -0.494 e. The van der Waals surface area contributed by atoms with Crippen molar-refractivity contribution in [3.8, 4) is 17.1 Å². The molecule has 0 atom stereocenters. The highest BCUT2D eigenvalue weighted by molar-refractivity contribution is 5.55. The maximum Gasteiger partial charge on any atom is 0.246 e. The van der Waals surface area contributed by atoms with Crippen molar-refractivity contribution in [3.05, 3.63) is 59.7 Å². The van der Waals surface area contributed by atoms with E-state index in [0.29, 0.717) is 23.9 Å². The number of rotatable bonds is 5. The smallest absolute Gasteiger partial charge is 0.246 e. The Labute approximate surface area is 133 Å². The Morgan fingerprint density at radius 1 is 1.22 bits per heavy atom. The lowest BCUT2D eigenvalue weighted by atomic mass is 10.1. The Kier molecular flexibility index (Phi) is 4.23. The first kappa shape index (κ1) is 15.0. The quantitative estimate of drug-likeness (QED) is 0.776. The fourth-order valence-corrected chi connectivity index (χ4v) is 2.18. The van der Waals surface area contributed by atoms with Gasteiger partial charge < -0.3 is 14.6 Å². The average Bonchev–Trinajstić information content (AvgIpc) is 3.02. The summed E-state index contributed by atoms with van der Waals surface area (Å²) in [6.45, 7) is 2.31. The molecular formula is C17H16FN3O2. The normalized spacial score (nSPS) is 10.6. The van der Waals surface area contributed by atoms with E-state index in [1.807, 2.05) is 31.2 Å². The Bertz CT molecular complexity index is 817. The van der Waals surface area contributed by atoms with E-state index in [0.717, 1.165) is 11.1 Å². The SMILES string of the molecule is COc1ccc(NCc2nc(-c3cccc(C)c3)no2)cc1F. The minimum atomic E-state index is -0.427. The van der Waals surface area contributed by atoms with Crippen LogP contribution < -0.4 is 10.1 Å². The molecule has 0 radical (unpaired) electrons. The molecule has 0 saturated carbocycles. The molecule has 3 aromatic rings. The highest BCUT2D eigenvalue weighted by Gasteiger charge is 2.09. The third-order valence-electron chi connectivity index (χ3n) is 3.34. The van der Waals surface area contributed by atoms with Crippen molar-refractivity contribution in [1.82, 2.24) is 10.1 Å². The van der Waals surface area contributed by atoms with Crippen molar-refractivity contribution >= 4 is 5.69 Å². The predicted molar refractivity (Wildman–Crippen MR) is 84.7 cm³/mol. The molecule has 2 aromatic carbocycles. The summed E-state index contributed by atoms with van der Waals surface area (Å²) in [6, 6.07) is 12.5. The molecule has 0 unspecified atom stereocenters. The van der Waals surface area contributed by atoms with Crippen LogP contribution >= 0.6 is 0 Å². The molecule has 3 rings (SSSR count). The van der Waals surface area contributed by atoms with Crippen molar-refractivity contribution in [1.29, 1.82) is 0 Å². The maximum atomic E-state index is 13.6. The highest BCUT2D eigenvalue weighted by atomic mass is 19.1. The molecule has 0 fully saturated rings. The van der Waals surface area contributed by atoms with Gasteiger partial charge in [0.05, 0.1) is 13.7 Å². The summed E-state index contributed by atoms with van der Waals surface area (Å²) in [5.41, 5.74) is 2.63. The molecule has 5 nitrogen and oxygen atoms in total. The molecule has 0 aliphatic carbocycles. The number of nitrogens with zero attached hydrogens (tertiary/aromatic N) is 2. The lowest BCUT2D eigenvalue weighted by Crippen LogP contribution is -2.00. The second-order valence-electron chi connectivity index (χ2n) is 5.08. The molecule has 0 aliphatic heterocycles. The van der Waals surface area contributed by atoms with E-state index in [4.69, 9.17) is 9.26 Å². The summed E-state index contributed by atoms with van der Waals surface area (Å²) in [5, 5.41) is 7.00.